The van der Waals surface area contributed by atoms with Gasteiger partial charge >= 0.3 is 0 Å². The first-order valence-electron chi connectivity index (χ1n) is 7.59. The second kappa shape index (κ2) is 5.90. The molecule has 1 unspecified atom stereocenters. The van der Waals surface area contributed by atoms with Gasteiger partial charge in [0.2, 0.25) is 0 Å². The average molecular weight is 344 g/mol. The van der Waals surface area contributed by atoms with Crippen LogP contribution in [0.1, 0.15) is 40.7 Å². The van der Waals surface area contributed by atoms with E-state index >= 15 is 0 Å². The number of carbonyl (C=O) groups excluding carboxylic acids is 1. The van der Waals surface area contributed by atoms with Crippen LogP contribution < -0.4 is 5.73 Å². The Bertz CT molecular complexity index is 843. The van der Waals surface area contributed by atoms with Gasteiger partial charge < -0.3 is 10.6 Å². The molecule has 0 aliphatic carbocycles. The third-order valence-electron chi connectivity index (χ3n) is 4.15. The number of thiazole rings is 2. The van der Waals surface area contributed by atoms with Gasteiger partial charge in [0.1, 0.15) is 5.01 Å². The van der Waals surface area contributed by atoms with Gasteiger partial charge in [-0.05, 0) is 37.5 Å². The largest absolute Gasteiger partial charge is 0.375 e. The van der Waals surface area contributed by atoms with Gasteiger partial charge in [0.15, 0.2) is 5.13 Å². The van der Waals surface area contributed by atoms with E-state index in [1.807, 2.05) is 28.5 Å². The molecular weight excluding hydrogens is 328 g/mol. The molecule has 3 heterocycles. The van der Waals surface area contributed by atoms with Gasteiger partial charge in [0, 0.05) is 23.7 Å². The third-order valence-corrected chi connectivity index (χ3v) is 5.89. The van der Waals surface area contributed by atoms with Gasteiger partial charge in [-0.2, -0.15) is 0 Å². The van der Waals surface area contributed by atoms with Gasteiger partial charge in [-0.1, -0.05) is 11.3 Å². The number of piperidine rings is 1. The topological polar surface area (TPSA) is 72.1 Å². The fourth-order valence-corrected chi connectivity index (χ4v) is 4.57. The zero-order chi connectivity index (χ0) is 15.8. The second-order valence-corrected chi connectivity index (χ2v) is 7.60. The molecule has 7 heteroatoms. The van der Waals surface area contributed by atoms with Crippen molar-refractivity contribution in [3.8, 4) is 0 Å². The van der Waals surface area contributed by atoms with Crippen LogP contribution in [0.4, 0.5) is 5.13 Å². The lowest BCUT2D eigenvalue weighted by atomic mass is 10.0. The van der Waals surface area contributed by atoms with E-state index in [2.05, 4.69) is 9.97 Å². The summed E-state index contributed by atoms with van der Waals surface area (Å²) < 4.78 is 1.01. The predicted molar refractivity (Wildman–Crippen MR) is 93.8 cm³/mol. The molecule has 23 heavy (non-hydrogen) atoms. The summed E-state index contributed by atoms with van der Waals surface area (Å²) in [7, 11) is 0. The molecule has 118 valence electrons. The lowest BCUT2D eigenvalue weighted by molar-refractivity contribution is 0.0611. The molecule has 1 fully saturated rings. The van der Waals surface area contributed by atoms with Crippen molar-refractivity contribution in [3.05, 3.63) is 40.3 Å². The van der Waals surface area contributed by atoms with Crippen LogP contribution in [-0.2, 0) is 0 Å². The highest BCUT2D eigenvalue weighted by atomic mass is 32.1. The second-order valence-electron chi connectivity index (χ2n) is 5.62. The van der Waals surface area contributed by atoms with E-state index in [-0.39, 0.29) is 11.9 Å². The van der Waals surface area contributed by atoms with Crippen molar-refractivity contribution in [2.45, 2.75) is 25.3 Å². The summed E-state index contributed by atoms with van der Waals surface area (Å²) in [6.07, 6.45) is 4.96. The summed E-state index contributed by atoms with van der Waals surface area (Å²) in [5.41, 5.74) is 7.22. The molecule has 2 N–H and O–H groups in total. The van der Waals surface area contributed by atoms with Crippen LogP contribution in [0.25, 0.3) is 10.2 Å². The minimum atomic E-state index is 0.0540. The summed E-state index contributed by atoms with van der Waals surface area (Å²) in [4.78, 5) is 23.7. The molecule has 2 aromatic heterocycles. The molecule has 0 saturated carbocycles. The highest BCUT2D eigenvalue weighted by Gasteiger charge is 2.30. The number of aromatic nitrogens is 2. The Labute approximate surface area is 141 Å². The SMILES string of the molecule is Nc1nc2cc(C(=O)N3CCCCC3c3nccs3)ccc2s1. The number of hydrogen-bond acceptors (Lipinski definition) is 6. The zero-order valence-electron chi connectivity index (χ0n) is 12.4. The van der Waals surface area contributed by atoms with Crippen molar-refractivity contribution >= 4 is 43.9 Å². The van der Waals surface area contributed by atoms with E-state index in [4.69, 9.17) is 5.73 Å². The van der Waals surface area contributed by atoms with Crippen LogP contribution in [0, 0.1) is 0 Å². The van der Waals surface area contributed by atoms with Gasteiger partial charge in [0.25, 0.3) is 5.91 Å². The molecule has 3 aromatic rings. The molecule has 0 bridgehead atoms. The Morgan fingerprint density at radius 1 is 1.35 bits per heavy atom. The number of carbonyl (C=O) groups is 1. The van der Waals surface area contributed by atoms with Crippen molar-refractivity contribution in [3.63, 3.8) is 0 Å². The highest BCUT2D eigenvalue weighted by Crippen LogP contribution is 2.33. The van der Waals surface area contributed by atoms with E-state index in [1.54, 1.807) is 17.5 Å². The van der Waals surface area contributed by atoms with Crippen LogP contribution >= 0.6 is 22.7 Å². The number of rotatable bonds is 2. The average Bonchev–Trinajstić information content (AvgIpc) is 3.21. The standard InChI is InChI=1S/C16H16N4OS2/c17-16-19-11-9-10(4-5-13(11)23-16)15(21)20-7-2-1-3-12(20)14-18-6-8-22-14/h4-6,8-9,12H,1-3,7H2,(H2,17,19). The smallest absolute Gasteiger partial charge is 0.254 e. The first kappa shape index (κ1) is 14.6. The maximum atomic E-state index is 13.0. The molecule has 1 aromatic carbocycles. The number of fused-ring (bicyclic) bond motifs is 1. The molecule has 4 rings (SSSR count). The van der Waals surface area contributed by atoms with Gasteiger partial charge in [0.05, 0.1) is 16.3 Å². The molecule has 1 atom stereocenters. The van der Waals surface area contributed by atoms with Crippen LogP contribution in [-0.4, -0.2) is 27.3 Å². The van der Waals surface area contributed by atoms with E-state index in [0.717, 1.165) is 41.0 Å². The number of amides is 1. The fourth-order valence-electron chi connectivity index (χ4n) is 3.07. The number of nitrogen functional groups attached to an aromatic ring is 1. The molecular formula is C16H16N4OS2. The van der Waals surface area contributed by atoms with Crippen molar-refractivity contribution < 1.29 is 4.79 Å². The van der Waals surface area contributed by atoms with Gasteiger partial charge in [-0.15, -0.1) is 11.3 Å². The van der Waals surface area contributed by atoms with Crippen molar-refractivity contribution in [2.24, 2.45) is 0 Å². The minimum absolute atomic E-state index is 0.0540. The maximum absolute atomic E-state index is 13.0. The number of nitrogens with two attached hydrogens (primary N) is 1. The number of anilines is 1. The van der Waals surface area contributed by atoms with Crippen molar-refractivity contribution in [1.29, 1.82) is 0 Å². The Hall–Kier alpha value is -1.99. The minimum Gasteiger partial charge on any atom is -0.375 e. The Morgan fingerprint density at radius 3 is 3.09 bits per heavy atom. The Balaban J connectivity index is 1.67. The Kier molecular flexibility index (Phi) is 3.74. The molecule has 1 amide bonds. The lowest BCUT2D eigenvalue weighted by Gasteiger charge is -2.34. The van der Waals surface area contributed by atoms with Gasteiger partial charge in [-0.25, -0.2) is 9.97 Å². The van der Waals surface area contributed by atoms with E-state index < -0.39 is 0 Å². The molecule has 1 saturated heterocycles. The van der Waals surface area contributed by atoms with E-state index in [9.17, 15) is 4.79 Å². The number of nitrogens with zero attached hydrogens (tertiary/aromatic N) is 3. The van der Waals surface area contributed by atoms with Crippen molar-refractivity contribution in [2.75, 3.05) is 12.3 Å². The van der Waals surface area contributed by atoms with Crippen LogP contribution in [0.5, 0.6) is 0 Å². The zero-order valence-corrected chi connectivity index (χ0v) is 14.1. The number of hydrogen-bond donors (Lipinski definition) is 1. The van der Waals surface area contributed by atoms with Crippen molar-refractivity contribution in [1.82, 2.24) is 14.9 Å². The summed E-state index contributed by atoms with van der Waals surface area (Å²) >= 11 is 3.06. The Morgan fingerprint density at radius 2 is 2.26 bits per heavy atom. The van der Waals surface area contributed by atoms with E-state index in [1.165, 1.54) is 11.3 Å². The molecule has 1 aliphatic heterocycles. The fraction of sp³-hybridized carbons (Fsp3) is 0.312. The third kappa shape index (κ3) is 2.70. The summed E-state index contributed by atoms with van der Waals surface area (Å²) in [5, 5.41) is 3.52. The molecule has 0 radical (unpaired) electrons. The first-order valence-corrected chi connectivity index (χ1v) is 9.28. The summed E-state index contributed by atoms with van der Waals surface area (Å²) in [5.74, 6) is 0.0540. The normalized spacial score (nSPS) is 18.4. The molecule has 5 nitrogen and oxygen atoms in total. The van der Waals surface area contributed by atoms with Gasteiger partial charge in [-0.3, -0.25) is 4.79 Å². The number of likely N-dealkylation sites (tertiary alicyclic amines) is 1. The monoisotopic (exact) mass is 344 g/mol. The highest BCUT2D eigenvalue weighted by molar-refractivity contribution is 7.22. The quantitative estimate of drug-likeness (QED) is 0.769. The molecule has 0 spiro atoms. The molecule has 1 aliphatic rings. The summed E-state index contributed by atoms with van der Waals surface area (Å²) in [6.45, 7) is 0.778. The van der Waals surface area contributed by atoms with E-state index in [0.29, 0.717) is 10.7 Å². The number of benzene rings is 1. The first-order chi connectivity index (χ1) is 11.2. The lowest BCUT2D eigenvalue weighted by Crippen LogP contribution is -2.38. The maximum Gasteiger partial charge on any atom is 0.254 e. The van der Waals surface area contributed by atoms with Crippen LogP contribution in [0.3, 0.4) is 0 Å². The van der Waals surface area contributed by atoms with Crippen LogP contribution in [0.2, 0.25) is 0 Å². The van der Waals surface area contributed by atoms with Crippen LogP contribution in [0.15, 0.2) is 29.8 Å². The predicted octanol–water partition coefficient (Wildman–Crippen LogP) is 3.70. The summed E-state index contributed by atoms with van der Waals surface area (Å²) in [6, 6.07) is 5.74.